The second-order valence-corrected chi connectivity index (χ2v) is 14.5. The Labute approximate surface area is 272 Å². The molecule has 1 saturated carbocycles. The number of urea groups is 1. The molecule has 4 aromatic rings. The molecular formula is C33H34Cl2N4O5S. The molecule has 6 rings (SSSR count). The van der Waals surface area contributed by atoms with Crippen LogP contribution in [0, 0.1) is 18.8 Å². The molecule has 3 amide bonds. The van der Waals surface area contributed by atoms with Gasteiger partial charge in [-0.3, -0.25) is 9.69 Å². The SMILES string of the molecule is Cc1cccc2c(CC3C(=O)N(CC4CCCC(CN)C4)C(=O)N3S(=O)(=O)c3ccc(Oc4ccc(Cl)c(Cl)c4)cc3)c[nH]c12. The van der Waals surface area contributed by atoms with E-state index in [1.165, 1.54) is 24.3 Å². The van der Waals surface area contributed by atoms with Gasteiger partial charge in [0.15, 0.2) is 0 Å². The van der Waals surface area contributed by atoms with Crippen molar-refractivity contribution in [2.75, 3.05) is 13.1 Å². The highest BCUT2D eigenvalue weighted by atomic mass is 35.5. The topological polar surface area (TPSA) is 126 Å². The van der Waals surface area contributed by atoms with E-state index >= 15 is 0 Å². The van der Waals surface area contributed by atoms with Crippen LogP contribution in [0.4, 0.5) is 4.79 Å². The zero-order chi connectivity index (χ0) is 31.9. The number of ether oxygens (including phenoxy) is 1. The summed E-state index contributed by atoms with van der Waals surface area (Å²) in [7, 11) is -4.43. The highest BCUT2D eigenvalue weighted by Crippen LogP contribution is 2.36. The zero-order valence-electron chi connectivity index (χ0n) is 24.7. The third kappa shape index (κ3) is 6.16. The van der Waals surface area contributed by atoms with E-state index in [0.717, 1.165) is 56.9 Å². The molecule has 1 saturated heterocycles. The lowest BCUT2D eigenvalue weighted by atomic mass is 9.81. The molecule has 12 heteroatoms. The number of carbonyl (C=O) groups excluding carboxylic acids is 2. The number of halogens is 2. The average Bonchev–Trinajstić information content (AvgIpc) is 3.54. The lowest BCUT2D eigenvalue weighted by molar-refractivity contribution is -0.128. The van der Waals surface area contributed by atoms with Crippen molar-refractivity contribution in [2.45, 2.75) is 50.0 Å². The number of amides is 3. The van der Waals surface area contributed by atoms with Gasteiger partial charge in [0.2, 0.25) is 0 Å². The number of hydrogen-bond donors (Lipinski definition) is 2. The lowest BCUT2D eigenvalue weighted by Crippen LogP contribution is -2.41. The zero-order valence-corrected chi connectivity index (χ0v) is 27.0. The number of nitrogens with one attached hydrogen (secondary N) is 1. The third-order valence-corrected chi connectivity index (χ3v) is 11.4. The van der Waals surface area contributed by atoms with Crippen LogP contribution in [0.15, 0.2) is 71.8 Å². The highest BCUT2D eigenvalue weighted by Gasteiger charge is 2.52. The van der Waals surface area contributed by atoms with Gasteiger partial charge in [0, 0.05) is 36.1 Å². The molecule has 3 atom stereocenters. The molecule has 1 aromatic heterocycles. The van der Waals surface area contributed by atoms with E-state index in [1.54, 1.807) is 24.4 Å². The van der Waals surface area contributed by atoms with Crippen molar-refractivity contribution in [3.8, 4) is 11.5 Å². The Morgan fingerprint density at radius 3 is 2.44 bits per heavy atom. The van der Waals surface area contributed by atoms with Crippen molar-refractivity contribution in [1.82, 2.24) is 14.2 Å². The summed E-state index contributed by atoms with van der Waals surface area (Å²) in [5, 5.41) is 1.58. The second kappa shape index (κ2) is 12.7. The fourth-order valence-corrected chi connectivity index (χ4v) is 8.29. The maximum absolute atomic E-state index is 14.2. The molecule has 2 heterocycles. The minimum absolute atomic E-state index is 0.0400. The third-order valence-electron chi connectivity index (χ3n) is 8.85. The molecule has 0 bridgehead atoms. The fourth-order valence-electron chi connectivity index (χ4n) is 6.49. The molecule has 236 valence electrons. The van der Waals surface area contributed by atoms with Crippen LogP contribution in [-0.2, 0) is 21.2 Å². The standard InChI is InChI=1S/C33H34Cl2N4O5S/c1-20-4-2-7-27-23(18-37-31(20)27)15-30-32(40)38(19-22-6-3-5-21(14-22)17-36)33(41)39(30)45(42,43)26-11-8-24(9-12-26)44-25-10-13-28(34)29(35)16-25/h2,4,7-13,16,18,21-22,30,37H,3,5-6,14-15,17,19,36H2,1H3. The van der Waals surface area contributed by atoms with E-state index < -0.39 is 28.0 Å². The van der Waals surface area contributed by atoms with E-state index in [9.17, 15) is 18.0 Å². The van der Waals surface area contributed by atoms with Crippen molar-refractivity contribution in [3.63, 3.8) is 0 Å². The smallest absolute Gasteiger partial charge is 0.341 e. The molecule has 45 heavy (non-hydrogen) atoms. The largest absolute Gasteiger partial charge is 0.457 e. The van der Waals surface area contributed by atoms with E-state index in [1.807, 2.05) is 25.1 Å². The molecule has 3 aromatic carbocycles. The first-order valence-electron chi connectivity index (χ1n) is 14.9. The van der Waals surface area contributed by atoms with Gasteiger partial charge in [-0.2, -0.15) is 0 Å². The van der Waals surface area contributed by atoms with Crippen molar-refractivity contribution in [3.05, 3.63) is 88.0 Å². The number of hydrogen-bond acceptors (Lipinski definition) is 6. The molecule has 2 aliphatic rings. The van der Waals surface area contributed by atoms with Crippen molar-refractivity contribution in [2.24, 2.45) is 17.6 Å². The van der Waals surface area contributed by atoms with E-state index in [0.29, 0.717) is 34.0 Å². The van der Waals surface area contributed by atoms with Crippen molar-refractivity contribution < 1.29 is 22.7 Å². The Bertz CT molecular complexity index is 1860. The Hall–Kier alpha value is -3.57. The van der Waals surface area contributed by atoms with Gasteiger partial charge in [-0.25, -0.2) is 17.5 Å². The summed E-state index contributed by atoms with van der Waals surface area (Å²) < 4.78 is 34.9. The van der Waals surface area contributed by atoms with Gasteiger partial charge in [0.25, 0.3) is 15.9 Å². The number of benzene rings is 3. The number of imide groups is 1. The van der Waals surface area contributed by atoms with Gasteiger partial charge in [-0.05, 0) is 92.1 Å². The summed E-state index contributed by atoms with van der Waals surface area (Å²) >= 11 is 12.1. The molecule has 1 aliphatic heterocycles. The van der Waals surface area contributed by atoms with Gasteiger partial charge in [-0.15, -0.1) is 0 Å². The number of para-hydroxylation sites is 1. The summed E-state index contributed by atoms with van der Waals surface area (Å²) in [6.07, 6.45) is 5.45. The first kappa shape index (κ1) is 31.4. The minimum atomic E-state index is -4.43. The molecule has 9 nitrogen and oxygen atoms in total. The molecular weight excluding hydrogens is 635 g/mol. The highest BCUT2D eigenvalue weighted by molar-refractivity contribution is 7.89. The minimum Gasteiger partial charge on any atom is -0.457 e. The molecule has 1 aliphatic carbocycles. The number of carbonyl (C=O) groups is 2. The lowest BCUT2D eigenvalue weighted by Gasteiger charge is -2.30. The van der Waals surface area contributed by atoms with Crippen LogP contribution in [0.2, 0.25) is 10.0 Å². The van der Waals surface area contributed by atoms with E-state index in [-0.39, 0.29) is 23.8 Å². The maximum Gasteiger partial charge on any atom is 0.341 e. The number of fused-ring (bicyclic) bond motifs is 1. The number of nitrogens with two attached hydrogens (primary N) is 1. The van der Waals surface area contributed by atoms with Gasteiger partial charge >= 0.3 is 6.03 Å². The number of H-pyrrole nitrogens is 1. The Morgan fingerprint density at radius 2 is 1.71 bits per heavy atom. The van der Waals surface area contributed by atoms with Gasteiger partial charge in [0.1, 0.15) is 17.5 Å². The van der Waals surface area contributed by atoms with Crippen LogP contribution in [0.3, 0.4) is 0 Å². The second-order valence-electron chi connectivity index (χ2n) is 11.8. The van der Waals surface area contributed by atoms with Gasteiger partial charge in [0.05, 0.1) is 14.9 Å². The summed E-state index contributed by atoms with van der Waals surface area (Å²) in [6, 6.07) is 14.2. The Balaban J connectivity index is 1.31. The first-order chi connectivity index (χ1) is 21.6. The Kier molecular flexibility index (Phi) is 8.85. The number of rotatable bonds is 9. The van der Waals surface area contributed by atoms with E-state index in [2.05, 4.69) is 4.98 Å². The number of aromatic nitrogens is 1. The summed E-state index contributed by atoms with van der Waals surface area (Å²) in [4.78, 5) is 32.2. The monoisotopic (exact) mass is 668 g/mol. The van der Waals surface area contributed by atoms with Gasteiger partial charge in [-0.1, -0.05) is 47.8 Å². The molecule has 2 fully saturated rings. The van der Waals surface area contributed by atoms with Crippen LogP contribution in [-0.4, -0.2) is 53.7 Å². The van der Waals surface area contributed by atoms with Crippen LogP contribution in [0.1, 0.15) is 36.8 Å². The molecule has 3 unspecified atom stereocenters. The molecule has 3 N–H and O–H groups in total. The van der Waals surface area contributed by atoms with Crippen molar-refractivity contribution >= 4 is 56.1 Å². The van der Waals surface area contributed by atoms with Crippen LogP contribution >= 0.6 is 23.2 Å². The molecule has 0 radical (unpaired) electrons. The summed E-state index contributed by atoms with van der Waals surface area (Å²) in [6.45, 7) is 2.69. The summed E-state index contributed by atoms with van der Waals surface area (Å²) in [5.41, 5.74) is 8.62. The summed E-state index contributed by atoms with van der Waals surface area (Å²) in [5.74, 6) is 0.656. The van der Waals surface area contributed by atoms with Crippen LogP contribution < -0.4 is 10.5 Å². The predicted molar refractivity (Wildman–Crippen MR) is 174 cm³/mol. The normalized spacial score (nSPS) is 20.8. The van der Waals surface area contributed by atoms with E-state index in [4.69, 9.17) is 33.7 Å². The quantitative estimate of drug-likeness (QED) is 0.187. The Morgan fingerprint density at radius 1 is 0.978 bits per heavy atom. The molecule has 0 spiro atoms. The number of nitrogens with zero attached hydrogens (tertiary/aromatic N) is 2. The first-order valence-corrected chi connectivity index (χ1v) is 17.1. The predicted octanol–water partition coefficient (Wildman–Crippen LogP) is 6.90. The van der Waals surface area contributed by atoms with Crippen LogP contribution in [0.25, 0.3) is 10.9 Å². The number of sulfonamides is 1. The average molecular weight is 670 g/mol. The fraction of sp³-hybridized carbons (Fsp3) is 0.333. The number of aromatic amines is 1. The van der Waals surface area contributed by atoms with Crippen LogP contribution in [0.5, 0.6) is 11.5 Å². The van der Waals surface area contributed by atoms with Crippen molar-refractivity contribution in [1.29, 1.82) is 0 Å². The number of aryl methyl sites for hydroxylation is 1. The van der Waals surface area contributed by atoms with Gasteiger partial charge < -0.3 is 15.5 Å². The maximum atomic E-state index is 14.2.